The molecule has 0 spiro atoms. The summed E-state index contributed by atoms with van der Waals surface area (Å²) in [5.41, 5.74) is 0. The molecule has 1 aliphatic heterocycles. The van der Waals surface area contributed by atoms with Crippen LogP contribution in [0.4, 0.5) is 0 Å². The minimum atomic E-state index is 0.0461. The van der Waals surface area contributed by atoms with Crippen LogP contribution in [0.25, 0.3) is 0 Å². The molecule has 7 nitrogen and oxygen atoms in total. The summed E-state index contributed by atoms with van der Waals surface area (Å²) in [6.07, 6.45) is 2.63. The van der Waals surface area contributed by atoms with Crippen molar-refractivity contribution in [2.24, 2.45) is 10.9 Å². The van der Waals surface area contributed by atoms with Gasteiger partial charge in [0, 0.05) is 31.6 Å². The molecule has 1 aromatic heterocycles. The number of amides is 1. The molecule has 0 aliphatic carbocycles. The Morgan fingerprint density at radius 2 is 2.23 bits per heavy atom. The van der Waals surface area contributed by atoms with E-state index < -0.39 is 0 Å². The van der Waals surface area contributed by atoms with Crippen molar-refractivity contribution in [2.75, 3.05) is 40.3 Å². The van der Waals surface area contributed by atoms with Crippen LogP contribution in [0.2, 0.25) is 0 Å². The van der Waals surface area contributed by atoms with E-state index in [-0.39, 0.29) is 23.9 Å². The Bertz CT molecular complexity index is 583. The highest BCUT2D eigenvalue weighted by Crippen LogP contribution is 2.19. The van der Waals surface area contributed by atoms with E-state index in [2.05, 4.69) is 22.5 Å². The van der Waals surface area contributed by atoms with Gasteiger partial charge < -0.3 is 20.0 Å². The molecule has 0 aromatic carbocycles. The third-order valence-electron chi connectivity index (χ3n) is 4.60. The molecule has 2 rings (SSSR count). The second-order valence-corrected chi connectivity index (χ2v) is 7.28. The van der Waals surface area contributed by atoms with Crippen LogP contribution in [0.15, 0.2) is 27.8 Å². The fraction of sp³-hybridized carbons (Fsp3) is 0.684. The molecule has 0 radical (unpaired) electrons. The zero-order valence-corrected chi connectivity index (χ0v) is 16.7. The van der Waals surface area contributed by atoms with Gasteiger partial charge in [0.25, 0.3) is 0 Å². The average Bonchev–Trinajstić information content (AvgIpc) is 3.26. The number of hydrogen-bond donors (Lipinski definition) is 2. The van der Waals surface area contributed by atoms with Crippen LogP contribution in [0.3, 0.4) is 0 Å². The first-order chi connectivity index (χ1) is 12.4. The van der Waals surface area contributed by atoms with Crippen molar-refractivity contribution < 1.29 is 9.21 Å². The van der Waals surface area contributed by atoms with E-state index in [1.54, 1.807) is 6.26 Å². The molecule has 1 aliphatic rings. The summed E-state index contributed by atoms with van der Waals surface area (Å²) in [5, 5.41) is 6.78. The lowest BCUT2D eigenvalue weighted by molar-refractivity contribution is -0.133. The summed E-state index contributed by atoms with van der Waals surface area (Å²) < 4.78 is 5.55. The van der Waals surface area contributed by atoms with E-state index in [0.29, 0.717) is 6.54 Å². The number of carbonyl (C=O) groups is 1. The highest BCUT2D eigenvalue weighted by Gasteiger charge is 2.28. The molecular formula is C19H33N5O2. The Kier molecular flexibility index (Phi) is 7.50. The first-order valence-corrected chi connectivity index (χ1v) is 9.45. The molecule has 146 valence electrons. The minimum Gasteiger partial charge on any atom is -0.468 e. The zero-order valence-electron chi connectivity index (χ0n) is 16.7. The van der Waals surface area contributed by atoms with Gasteiger partial charge in [-0.3, -0.25) is 14.7 Å². The number of nitrogens with zero attached hydrogens (tertiary/aromatic N) is 3. The van der Waals surface area contributed by atoms with Crippen LogP contribution < -0.4 is 10.6 Å². The van der Waals surface area contributed by atoms with Gasteiger partial charge in [0.15, 0.2) is 5.96 Å². The molecule has 0 bridgehead atoms. The third kappa shape index (κ3) is 5.49. The Balaban J connectivity index is 1.97. The van der Waals surface area contributed by atoms with Crippen LogP contribution in [0.1, 0.15) is 39.0 Å². The molecule has 1 amide bonds. The van der Waals surface area contributed by atoms with E-state index in [1.165, 1.54) is 0 Å². The minimum absolute atomic E-state index is 0.0461. The maximum Gasteiger partial charge on any atom is 0.225 e. The van der Waals surface area contributed by atoms with E-state index in [1.807, 2.05) is 45.0 Å². The molecular weight excluding hydrogens is 330 g/mol. The Morgan fingerprint density at radius 3 is 2.81 bits per heavy atom. The molecule has 1 aromatic rings. The van der Waals surface area contributed by atoms with Crippen molar-refractivity contribution >= 4 is 11.9 Å². The maximum atomic E-state index is 12.2. The van der Waals surface area contributed by atoms with Crippen molar-refractivity contribution in [2.45, 2.75) is 39.3 Å². The highest BCUT2D eigenvalue weighted by molar-refractivity contribution is 5.81. The second kappa shape index (κ2) is 9.62. The Morgan fingerprint density at radius 1 is 1.46 bits per heavy atom. The van der Waals surface area contributed by atoms with E-state index in [9.17, 15) is 4.79 Å². The summed E-state index contributed by atoms with van der Waals surface area (Å²) >= 11 is 0. The van der Waals surface area contributed by atoms with Gasteiger partial charge in [-0.05, 0) is 39.6 Å². The fourth-order valence-corrected chi connectivity index (χ4v) is 3.12. The number of likely N-dealkylation sites (N-methyl/N-ethyl adjacent to an activating group) is 1. The summed E-state index contributed by atoms with van der Waals surface area (Å²) in [6, 6.07) is 4.20. The van der Waals surface area contributed by atoms with Gasteiger partial charge in [-0.2, -0.15) is 0 Å². The quantitative estimate of drug-likeness (QED) is 0.570. The van der Waals surface area contributed by atoms with Crippen LogP contribution in [0.5, 0.6) is 0 Å². The Hall–Kier alpha value is -2.02. The molecule has 2 unspecified atom stereocenters. The van der Waals surface area contributed by atoms with E-state index in [4.69, 9.17) is 9.41 Å². The number of guanidine groups is 1. The molecule has 0 saturated carbocycles. The van der Waals surface area contributed by atoms with Crippen LogP contribution >= 0.6 is 0 Å². The Labute approximate surface area is 156 Å². The maximum absolute atomic E-state index is 12.2. The molecule has 2 N–H and O–H groups in total. The van der Waals surface area contributed by atoms with Gasteiger partial charge in [0.1, 0.15) is 5.76 Å². The molecule has 2 heterocycles. The summed E-state index contributed by atoms with van der Waals surface area (Å²) in [4.78, 5) is 21.0. The number of rotatable bonds is 7. The molecule has 2 atom stereocenters. The van der Waals surface area contributed by atoms with Crippen molar-refractivity contribution in [3.05, 3.63) is 24.2 Å². The number of aliphatic imine (C=N–C) groups is 1. The monoisotopic (exact) mass is 363 g/mol. The number of furan rings is 1. The molecule has 26 heavy (non-hydrogen) atoms. The molecule has 1 saturated heterocycles. The number of hydrogen-bond acceptors (Lipinski definition) is 4. The molecule has 7 heteroatoms. The smallest absolute Gasteiger partial charge is 0.225 e. The van der Waals surface area contributed by atoms with Crippen molar-refractivity contribution in [1.29, 1.82) is 0 Å². The lowest BCUT2D eigenvalue weighted by Crippen LogP contribution is -2.45. The first kappa shape index (κ1) is 20.3. The summed E-state index contributed by atoms with van der Waals surface area (Å²) in [5.74, 6) is 1.96. The SMILES string of the molecule is CCNC(=NCC(c1ccco1)N(C)C)NC1CCN(C(=O)C(C)C)C1. The van der Waals surface area contributed by atoms with Gasteiger partial charge >= 0.3 is 0 Å². The average molecular weight is 364 g/mol. The standard InChI is InChI=1S/C19H33N5O2/c1-6-20-19(21-12-16(23(4)5)17-8-7-11-26-17)22-15-9-10-24(13-15)18(25)14(2)3/h7-8,11,14-16H,6,9-10,12-13H2,1-5H3,(H2,20,21,22). The van der Waals surface area contributed by atoms with Crippen molar-refractivity contribution in [3.63, 3.8) is 0 Å². The predicted octanol–water partition coefficient (Wildman–Crippen LogP) is 1.69. The summed E-state index contributed by atoms with van der Waals surface area (Å²) in [6.45, 7) is 8.88. The molecule has 1 fully saturated rings. The van der Waals surface area contributed by atoms with Crippen LogP contribution in [0, 0.1) is 5.92 Å². The number of likely N-dealkylation sites (tertiary alicyclic amines) is 1. The predicted molar refractivity (Wildman–Crippen MR) is 104 cm³/mol. The van der Waals surface area contributed by atoms with Crippen molar-refractivity contribution in [1.82, 2.24) is 20.4 Å². The van der Waals surface area contributed by atoms with E-state index >= 15 is 0 Å². The lowest BCUT2D eigenvalue weighted by Gasteiger charge is -2.22. The van der Waals surface area contributed by atoms with Gasteiger partial charge in [-0.15, -0.1) is 0 Å². The van der Waals surface area contributed by atoms with Crippen LogP contribution in [-0.2, 0) is 4.79 Å². The second-order valence-electron chi connectivity index (χ2n) is 7.28. The van der Waals surface area contributed by atoms with E-state index in [0.717, 1.165) is 37.8 Å². The zero-order chi connectivity index (χ0) is 19.1. The normalized spacial score (nSPS) is 19.3. The fourth-order valence-electron chi connectivity index (χ4n) is 3.12. The highest BCUT2D eigenvalue weighted by atomic mass is 16.3. The number of carbonyl (C=O) groups excluding carboxylic acids is 1. The largest absolute Gasteiger partial charge is 0.468 e. The summed E-state index contributed by atoms with van der Waals surface area (Å²) in [7, 11) is 4.05. The number of nitrogens with one attached hydrogen (secondary N) is 2. The van der Waals surface area contributed by atoms with Crippen molar-refractivity contribution in [3.8, 4) is 0 Å². The lowest BCUT2D eigenvalue weighted by atomic mass is 10.2. The first-order valence-electron chi connectivity index (χ1n) is 9.45. The van der Waals surface area contributed by atoms with Gasteiger partial charge in [-0.1, -0.05) is 13.8 Å². The van der Waals surface area contributed by atoms with Crippen LogP contribution in [-0.4, -0.2) is 68.0 Å². The van der Waals surface area contributed by atoms with Gasteiger partial charge in [-0.25, -0.2) is 0 Å². The van der Waals surface area contributed by atoms with Gasteiger partial charge in [0.05, 0.1) is 18.8 Å². The third-order valence-corrected chi connectivity index (χ3v) is 4.60. The van der Waals surface area contributed by atoms with Gasteiger partial charge in [0.2, 0.25) is 5.91 Å². The topological polar surface area (TPSA) is 73.1 Å².